The number of aliphatic hydroxyl groups is 1. The monoisotopic (exact) mass is 500 g/mol. The minimum Gasteiger partial charge on any atom is -0.384 e. The first-order chi connectivity index (χ1) is 17.6. The number of nitrogens with zero attached hydrogens (tertiary/aromatic N) is 5. The number of hydrogen-bond donors (Lipinski definition) is 2. The molecule has 2 atom stereocenters. The van der Waals surface area contributed by atoms with E-state index in [1.807, 2.05) is 11.1 Å². The number of fused-ring (bicyclic) bond motifs is 1. The molecule has 2 aliphatic heterocycles. The lowest BCUT2D eigenvalue weighted by molar-refractivity contribution is 0.0459. The number of nitrogens with one attached hydrogen (secondary N) is 1. The first-order valence-corrected chi connectivity index (χ1v) is 13.0. The van der Waals surface area contributed by atoms with Crippen LogP contribution in [0.2, 0.25) is 0 Å². The summed E-state index contributed by atoms with van der Waals surface area (Å²) in [5, 5.41) is 13.7. The summed E-state index contributed by atoms with van der Waals surface area (Å²) in [6.45, 7) is 12.0. The molecule has 3 aromatic rings. The fourth-order valence-corrected chi connectivity index (χ4v) is 5.52. The fraction of sp³-hybridized carbons (Fsp3) is 0.448. The van der Waals surface area contributed by atoms with Gasteiger partial charge in [0.2, 0.25) is 5.95 Å². The Balaban J connectivity index is 1.22. The van der Waals surface area contributed by atoms with Gasteiger partial charge in [0.05, 0.1) is 11.4 Å². The zero-order valence-corrected chi connectivity index (χ0v) is 22.3. The summed E-state index contributed by atoms with van der Waals surface area (Å²) in [6, 6.07) is 10.3. The van der Waals surface area contributed by atoms with Gasteiger partial charge < -0.3 is 15.3 Å². The molecule has 37 heavy (non-hydrogen) atoms. The normalized spacial score (nSPS) is 20.1. The van der Waals surface area contributed by atoms with Gasteiger partial charge in [0.25, 0.3) is 5.91 Å². The van der Waals surface area contributed by atoms with Crippen molar-refractivity contribution in [1.29, 1.82) is 0 Å². The van der Waals surface area contributed by atoms with E-state index in [4.69, 9.17) is 4.98 Å². The average molecular weight is 501 g/mol. The number of aryl methyl sites for hydroxylation is 2. The Morgan fingerprint density at radius 1 is 1.11 bits per heavy atom. The van der Waals surface area contributed by atoms with Gasteiger partial charge in [-0.3, -0.25) is 14.7 Å². The summed E-state index contributed by atoms with van der Waals surface area (Å²) < 4.78 is 0. The average Bonchev–Trinajstić information content (AvgIpc) is 3.26. The van der Waals surface area contributed by atoms with Crippen LogP contribution in [-0.4, -0.2) is 54.4 Å². The van der Waals surface area contributed by atoms with Crippen molar-refractivity contribution in [1.82, 2.24) is 24.8 Å². The van der Waals surface area contributed by atoms with Gasteiger partial charge >= 0.3 is 0 Å². The van der Waals surface area contributed by atoms with Crippen molar-refractivity contribution in [3.63, 3.8) is 0 Å². The molecule has 8 nitrogen and oxygen atoms in total. The van der Waals surface area contributed by atoms with Gasteiger partial charge in [0.1, 0.15) is 5.60 Å². The van der Waals surface area contributed by atoms with Gasteiger partial charge in [-0.25, -0.2) is 9.97 Å². The molecule has 0 aliphatic carbocycles. The summed E-state index contributed by atoms with van der Waals surface area (Å²) in [5.74, 6) is 0.624. The van der Waals surface area contributed by atoms with Crippen LogP contribution in [0.25, 0.3) is 0 Å². The van der Waals surface area contributed by atoms with Crippen molar-refractivity contribution < 1.29 is 9.90 Å². The highest BCUT2D eigenvalue weighted by Crippen LogP contribution is 2.31. The molecule has 8 heteroatoms. The number of carbonyl (C=O) groups is 1. The number of pyridine rings is 1. The van der Waals surface area contributed by atoms with Crippen LogP contribution in [0.5, 0.6) is 0 Å². The van der Waals surface area contributed by atoms with Crippen molar-refractivity contribution in [2.24, 2.45) is 0 Å². The van der Waals surface area contributed by atoms with E-state index in [9.17, 15) is 9.90 Å². The lowest BCUT2D eigenvalue weighted by Gasteiger charge is -2.41. The van der Waals surface area contributed by atoms with Crippen LogP contribution in [0.3, 0.4) is 0 Å². The Morgan fingerprint density at radius 2 is 1.86 bits per heavy atom. The van der Waals surface area contributed by atoms with Crippen LogP contribution in [0.4, 0.5) is 11.6 Å². The molecule has 2 N–H and O–H groups in total. The number of rotatable bonds is 5. The molecule has 1 fully saturated rings. The largest absolute Gasteiger partial charge is 0.384 e. The van der Waals surface area contributed by atoms with E-state index < -0.39 is 5.60 Å². The Hall–Kier alpha value is -3.36. The Morgan fingerprint density at radius 3 is 2.57 bits per heavy atom. The fourth-order valence-electron chi connectivity index (χ4n) is 5.52. The van der Waals surface area contributed by atoms with Crippen molar-refractivity contribution in [2.75, 3.05) is 11.9 Å². The van der Waals surface area contributed by atoms with E-state index in [0.29, 0.717) is 29.8 Å². The van der Waals surface area contributed by atoms with Gasteiger partial charge in [-0.1, -0.05) is 6.07 Å². The van der Waals surface area contributed by atoms with Gasteiger partial charge in [-0.15, -0.1) is 0 Å². The highest BCUT2D eigenvalue weighted by molar-refractivity contribution is 5.94. The van der Waals surface area contributed by atoms with Crippen LogP contribution in [0.15, 0.2) is 42.7 Å². The third kappa shape index (κ3) is 5.50. The number of carbonyl (C=O) groups excluding carboxylic acids is 1. The van der Waals surface area contributed by atoms with E-state index in [1.54, 1.807) is 32.2 Å². The molecule has 4 heterocycles. The highest BCUT2D eigenvalue weighted by Gasteiger charge is 2.35. The van der Waals surface area contributed by atoms with E-state index in [2.05, 4.69) is 59.2 Å². The number of aromatic nitrogens is 3. The molecule has 1 amide bonds. The summed E-state index contributed by atoms with van der Waals surface area (Å²) in [6.07, 6.45) is 5.36. The Bertz CT molecular complexity index is 1300. The lowest BCUT2D eigenvalue weighted by Crippen LogP contribution is -2.50. The van der Waals surface area contributed by atoms with E-state index in [0.717, 1.165) is 37.3 Å². The molecule has 0 bridgehead atoms. The van der Waals surface area contributed by atoms with E-state index in [1.165, 1.54) is 16.7 Å². The van der Waals surface area contributed by atoms with Gasteiger partial charge in [-0.05, 0) is 82.9 Å². The summed E-state index contributed by atoms with van der Waals surface area (Å²) in [7, 11) is 0. The number of anilines is 2. The molecule has 0 spiro atoms. The SMILES string of the molecule is Cc1cc(C)cc(Nc2ncc3c(n2)CN([C@@H]2CCN(C(=O)c4ccnc(C(C)(C)O)c4)[C@H](C)C2)C3)c1. The maximum atomic E-state index is 13.3. The molecule has 5 rings (SSSR count). The molecule has 194 valence electrons. The van der Waals surface area contributed by atoms with Gasteiger partial charge in [-0.2, -0.15) is 0 Å². The zero-order valence-electron chi connectivity index (χ0n) is 22.3. The van der Waals surface area contributed by atoms with Crippen molar-refractivity contribution in [2.45, 2.75) is 78.2 Å². The number of hydrogen-bond acceptors (Lipinski definition) is 7. The second-order valence-corrected chi connectivity index (χ2v) is 11.1. The third-order valence-electron chi connectivity index (χ3n) is 7.42. The second kappa shape index (κ2) is 9.84. The quantitative estimate of drug-likeness (QED) is 0.534. The lowest BCUT2D eigenvalue weighted by atomic mass is 9.95. The number of benzene rings is 1. The molecule has 0 unspecified atom stereocenters. The van der Waals surface area contributed by atoms with Crippen LogP contribution in [-0.2, 0) is 18.7 Å². The summed E-state index contributed by atoms with van der Waals surface area (Å²) >= 11 is 0. The summed E-state index contributed by atoms with van der Waals surface area (Å²) in [4.78, 5) is 31.4. The van der Waals surface area contributed by atoms with Crippen LogP contribution >= 0.6 is 0 Å². The third-order valence-corrected chi connectivity index (χ3v) is 7.42. The van der Waals surface area contributed by atoms with Crippen molar-refractivity contribution in [3.8, 4) is 0 Å². The number of amides is 1. The molecule has 1 aromatic carbocycles. The first-order valence-electron chi connectivity index (χ1n) is 13.0. The van der Waals surface area contributed by atoms with Crippen LogP contribution in [0, 0.1) is 13.8 Å². The Labute approximate surface area is 218 Å². The van der Waals surface area contributed by atoms with Crippen LogP contribution in [0.1, 0.15) is 72.0 Å². The Kier molecular flexibility index (Phi) is 6.72. The number of piperidine rings is 1. The molecule has 0 radical (unpaired) electrons. The van der Waals surface area contributed by atoms with E-state index >= 15 is 0 Å². The van der Waals surface area contributed by atoms with Gasteiger partial charge in [0, 0.05) is 60.9 Å². The number of likely N-dealkylation sites (tertiary alicyclic amines) is 1. The molecule has 1 saturated heterocycles. The molecular weight excluding hydrogens is 464 g/mol. The maximum Gasteiger partial charge on any atom is 0.254 e. The highest BCUT2D eigenvalue weighted by atomic mass is 16.3. The predicted molar refractivity (Wildman–Crippen MR) is 143 cm³/mol. The standard InChI is InChI=1S/C29H36N6O2/c1-18-10-19(2)12-23(11-18)32-28-31-15-22-16-34(17-25(22)33-28)24-7-9-35(20(3)13-24)27(36)21-6-8-30-26(14-21)29(4,5)37/h6,8,10-12,14-15,20,24,37H,7,9,13,16-17H2,1-5H3,(H,31,32,33)/t20-,24-/m1/s1. The first kappa shape index (κ1) is 25.3. The minimum absolute atomic E-state index is 0.00322. The minimum atomic E-state index is -1.09. The van der Waals surface area contributed by atoms with Crippen molar-refractivity contribution in [3.05, 3.63) is 76.4 Å². The second-order valence-electron chi connectivity index (χ2n) is 11.1. The molecule has 2 aliphatic rings. The van der Waals surface area contributed by atoms with Crippen molar-refractivity contribution >= 4 is 17.5 Å². The molecule has 0 saturated carbocycles. The topological polar surface area (TPSA) is 94.5 Å². The molecule has 2 aromatic heterocycles. The van der Waals surface area contributed by atoms with E-state index in [-0.39, 0.29) is 11.9 Å². The molecular formula is C29H36N6O2. The van der Waals surface area contributed by atoms with Gasteiger partial charge in [0.15, 0.2) is 0 Å². The summed E-state index contributed by atoms with van der Waals surface area (Å²) in [5.41, 5.74) is 5.65. The van der Waals surface area contributed by atoms with Crippen LogP contribution < -0.4 is 5.32 Å². The maximum absolute atomic E-state index is 13.3. The smallest absolute Gasteiger partial charge is 0.254 e. The zero-order chi connectivity index (χ0) is 26.3. The predicted octanol–water partition coefficient (Wildman–Crippen LogP) is 4.47.